The molecule has 3 aromatic heterocycles. The fraction of sp³-hybridized carbons (Fsp3) is 0.130. The summed E-state index contributed by atoms with van der Waals surface area (Å²) in [4.78, 5) is 28.7. The number of Topliss-reactive ketones (excluding diaryl/α,β-unsaturated/α-hetero) is 1. The minimum atomic E-state index is -0.162. The van der Waals surface area contributed by atoms with Crippen molar-refractivity contribution in [3.8, 4) is 5.75 Å². The first-order valence-corrected chi connectivity index (χ1v) is 10.9. The third-order valence-electron chi connectivity index (χ3n) is 5.23. The molecular formula is C23H19N5O3S. The summed E-state index contributed by atoms with van der Waals surface area (Å²) < 4.78 is 8.88. The van der Waals surface area contributed by atoms with Crippen LogP contribution in [0.15, 0.2) is 76.8 Å². The van der Waals surface area contributed by atoms with E-state index in [1.54, 1.807) is 36.1 Å². The third kappa shape index (κ3) is 3.46. The van der Waals surface area contributed by atoms with E-state index in [1.807, 2.05) is 46.9 Å². The number of benzene rings is 2. The Morgan fingerprint density at radius 3 is 2.69 bits per heavy atom. The maximum absolute atomic E-state index is 13.4. The molecule has 8 nitrogen and oxygen atoms in total. The highest BCUT2D eigenvalue weighted by atomic mass is 32.2. The molecule has 0 spiro atoms. The van der Waals surface area contributed by atoms with Gasteiger partial charge in [-0.2, -0.15) is 0 Å². The second-order valence-corrected chi connectivity index (χ2v) is 8.08. The summed E-state index contributed by atoms with van der Waals surface area (Å²) in [6, 6.07) is 18.4. The van der Waals surface area contributed by atoms with Crippen molar-refractivity contribution >= 4 is 34.2 Å². The van der Waals surface area contributed by atoms with Crippen molar-refractivity contribution in [1.29, 1.82) is 0 Å². The van der Waals surface area contributed by atoms with Crippen LogP contribution in [0.2, 0.25) is 0 Å². The first kappa shape index (κ1) is 20.1. The van der Waals surface area contributed by atoms with Crippen molar-refractivity contribution in [2.24, 2.45) is 0 Å². The largest absolute Gasteiger partial charge is 0.496 e. The molecule has 0 unspecified atom stereocenters. The topological polar surface area (TPSA) is 94.3 Å². The number of fused-ring (bicyclic) bond motifs is 3. The number of aromatic nitrogens is 5. The quantitative estimate of drug-likeness (QED) is 0.305. The number of aromatic amines is 1. The van der Waals surface area contributed by atoms with Crippen molar-refractivity contribution in [2.45, 2.75) is 11.7 Å². The molecule has 32 heavy (non-hydrogen) atoms. The van der Waals surface area contributed by atoms with Gasteiger partial charge in [0.1, 0.15) is 5.75 Å². The number of H-pyrrole nitrogens is 1. The van der Waals surface area contributed by atoms with Gasteiger partial charge < -0.3 is 9.72 Å². The molecule has 0 aliphatic carbocycles. The molecule has 5 rings (SSSR count). The minimum absolute atomic E-state index is 0.0385. The Kier molecular flexibility index (Phi) is 5.24. The number of nitrogens with zero attached hydrogens (tertiary/aromatic N) is 4. The average molecular weight is 446 g/mol. The van der Waals surface area contributed by atoms with Gasteiger partial charge in [-0.15, -0.1) is 10.2 Å². The second-order valence-electron chi connectivity index (χ2n) is 7.13. The molecule has 0 aliphatic heterocycles. The molecule has 0 radical (unpaired) electrons. The van der Waals surface area contributed by atoms with Crippen LogP contribution in [0.3, 0.4) is 0 Å². The van der Waals surface area contributed by atoms with Crippen LogP contribution in [0.1, 0.15) is 16.1 Å². The molecule has 0 amide bonds. The fourth-order valence-corrected chi connectivity index (χ4v) is 4.51. The van der Waals surface area contributed by atoms with Crippen molar-refractivity contribution in [3.05, 3.63) is 88.5 Å². The molecule has 0 fully saturated rings. The molecular weight excluding hydrogens is 426 g/mol. The van der Waals surface area contributed by atoms with Crippen LogP contribution in [0.4, 0.5) is 0 Å². The molecule has 160 valence electrons. The average Bonchev–Trinajstić information content (AvgIpc) is 3.51. The van der Waals surface area contributed by atoms with E-state index >= 15 is 0 Å². The molecule has 5 aromatic rings. The summed E-state index contributed by atoms with van der Waals surface area (Å²) >= 11 is 1.29. The summed E-state index contributed by atoms with van der Waals surface area (Å²) in [5, 5.41) is 9.72. The maximum Gasteiger partial charge on any atom is 0.263 e. The Labute approximate surface area is 186 Å². The van der Waals surface area contributed by atoms with Gasteiger partial charge in [0.25, 0.3) is 5.56 Å². The van der Waals surface area contributed by atoms with E-state index in [-0.39, 0.29) is 23.6 Å². The lowest BCUT2D eigenvalue weighted by Crippen LogP contribution is -2.24. The minimum Gasteiger partial charge on any atom is -0.496 e. The number of para-hydroxylation sites is 2. The SMILES string of the molecule is COc1ccccc1Cn1c(=O)c2ccccc2n2c(SCC(=O)c3ccc[nH]3)nnc12. The molecule has 1 N–H and O–H groups in total. The van der Waals surface area contributed by atoms with Crippen molar-refractivity contribution in [3.63, 3.8) is 0 Å². The van der Waals surface area contributed by atoms with Crippen LogP contribution in [-0.2, 0) is 6.54 Å². The van der Waals surface area contributed by atoms with Gasteiger partial charge in [0.15, 0.2) is 10.9 Å². The summed E-state index contributed by atoms with van der Waals surface area (Å²) in [5.41, 5.74) is 1.94. The molecule has 2 aromatic carbocycles. The lowest BCUT2D eigenvalue weighted by molar-refractivity contribution is 0.101. The number of methoxy groups -OCH3 is 1. The molecule has 0 atom stereocenters. The van der Waals surface area contributed by atoms with E-state index in [0.29, 0.717) is 33.3 Å². The lowest BCUT2D eigenvalue weighted by Gasteiger charge is -2.13. The highest BCUT2D eigenvalue weighted by Gasteiger charge is 2.19. The zero-order valence-corrected chi connectivity index (χ0v) is 18.0. The number of hydrogen-bond acceptors (Lipinski definition) is 6. The lowest BCUT2D eigenvalue weighted by atomic mass is 10.2. The number of hydrogen-bond donors (Lipinski definition) is 1. The van der Waals surface area contributed by atoms with E-state index < -0.39 is 0 Å². The van der Waals surface area contributed by atoms with Crippen molar-refractivity contribution in [1.82, 2.24) is 24.1 Å². The Bertz CT molecular complexity index is 1490. The van der Waals surface area contributed by atoms with Gasteiger partial charge in [0.2, 0.25) is 5.78 Å². The van der Waals surface area contributed by atoms with Gasteiger partial charge in [0.05, 0.1) is 36.0 Å². The van der Waals surface area contributed by atoms with Crippen LogP contribution in [0.25, 0.3) is 16.7 Å². The molecule has 0 saturated carbocycles. The highest BCUT2D eigenvalue weighted by molar-refractivity contribution is 7.99. The Morgan fingerprint density at radius 2 is 1.88 bits per heavy atom. The predicted molar refractivity (Wildman–Crippen MR) is 123 cm³/mol. The number of thioether (sulfide) groups is 1. The van der Waals surface area contributed by atoms with Crippen LogP contribution < -0.4 is 10.3 Å². The van der Waals surface area contributed by atoms with Gasteiger partial charge in [0, 0.05) is 11.8 Å². The second kappa shape index (κ2) is 8.35. The van der Waals surface area contributed by atoms with E-state index in [1.165, 1.54) is 11.8 Å². The summed E-state index contributed by atoms with van der Waals surface area (Å²) in [7, 11) is 1.60. The third-order valence-corrected chi connectivity index (χ3v) is 6.16. The maximum atomic E-state index is 13.4. The van der Waals surface area contributed by atoms with Gasteiger partial charge in [-0.05, 0) is 30.3 Å². The highest BCUT2D eigenvalue weighted by Crippen LogP contribution is 2.24. The summed E-state index contributed by atoms with van der Waals surface area (Å²) in [6.45, 7) is 0.279. The number of carbonyl (C=O) groups is 1. The van der Waals surface area contributed by atoms with Gasteiger partial charge in [-0.1, -0.05) is 42.1 Å². The van der Waals surface area contributed by atoms with Crippen LogP contribution in [-0.4, -0.2) is 42.8 Å². The molecule has 0 saturated heterocycles. The number of ether oxygens (including phenoxy) is 1. The van der Waals surface area contributed by atoms with E-state index in [0.717, 1.165) is 5.56 Å². The zero-order valence-electron chi connectivity index (χ0n) is 17.2. The molecule has 3 heterocycles. The number of nitrogens with one attached hydrogen (secondary N) is 1. The first-order valence-electron chi connectivity index (χ1n) is 9.95. The van der Waals surface area contributed by atoms with Crippen molar-refractivity contribution < 1.29 is 9.53 Å². The van der Waals surface area contributed by atoms with Crippen LogP contribution in [0.5, 0.6) is 5.75 Å². The smallest absolute Gasteiger partial charge is 0.263 e. The van der Waals surface area contributed by atoms with Crippen LogP contribution in [0, 0.1) is 0 Å². The summed E-state index contributed by atoms with van der Waals surface area (Å²) in [5.74, 6) is 1.26. The normalized spacial score (nSPS) is 11.3. The molecule has 0 aliphatic rings. The molecule has 0 bridgehead atoms. The Balaban J connectivity index is 1.62. The number of ketones is 1. The van der Waals surface area contributed by atoms with E-state index in [9.17, 15) is 9.59 Å². The standard InChI is InChI=1S/C23H19N5O3S/c1-31-20-11-5-2-7-15(20)13-27-21(30)16-8-3-4-10-18(16)28-22(27)25-26-23(28)32-14-19(29)17-9-6-12-24-17/h2-12,24H,13-14H2,1H3. The Hall–Kier alpha value is -3.85. The summed E-state index contributed by atoms with van der Waals surface area (Å²) in [6.07, 6.45) is 1.72. The van der Waals surface area contributed by atoms with Gasteiger partial charge in [-0.3, -0.25) is 18.6 Å². The molecule has 9 heteroatoms. The van der Waals surface area contributed by atoms with Gasteiger partial charge >= 0.3 is 0 Å². The van der Waals surface area contributed by atoms with E-state index in [4.69, 9.17) is 4.74 Å². The van der Waals surface area contributed by atoms with Crippen molar-refractivity contribution in [2.75, 3.05) is 12.9 Å². The predicted octanol–water partition coefficient (Wildman–Crippen LogP) is 3.40. The van der Waals surface area contributed by atoms with Crippen LogP contribution >= 0.6 is 11.8 Å². The fourth-order valence-electron chi connectivity index (χ4n) is 3.69. The monoisotopic (exact) mass is 445 g/mol. The van der Waals surface area contributed by atoms with Gasteiger partial charge in [-0.25, -0.2) is 0 Å². The zero-order chi connectivity index (χ0) is 22.1. The van der Waals surface area contributed by atoms with E-state index in [2.05, 4.69) is 15.2 Å². The number of carbonyl (C=O) groups excluding carboxylic acids is 1. The first-order chi connectivity index (χ1) is 15.7. The Morgan fingerprint density at radius 1 is 1.06 bits per heavy atom. The number of rotatable bonds is 7.